The summed E-state index contributed by atoms with van der Waals surface area (Å²) in [4.78, 5) is 43.6. The molecule has 3 fully saturated rings. The van der Waals surface area contributed by atoms with E-state index in [1.165, 1.54) is 0 Å². The molecule has 2 saturated heterocycles. The quantitative estimate of drug-likeness (QED) is 0.481. The third kappa shape index (κ3) is 4.63. The van der Waals surface area contributed by atoms with Crippen molar-refractivity contribution in [2.45, 2.75) is 69.7 Å². The van der Waals surface area contributed by atoms with Gasteiger partial charge in [0, 0.05) is 23.3 Å². The fourth-order valence-electron chi connectivity index (χ4n) is 7.19. The number of benzene rings is 2. The largest absolute Gasteiger partial charge is 0.359 e. The molecule has 210 valence electrons. The number of nitrogens with one attached hydrogen (secondary N) is 2. The maximum Gasteiger partial charge on any atom is 0.246 e. The van der Waals surface area contributed by atoms with Crippen LogP contribution >= 0.6 is 11.6 Å². The summed E-state index contributed by atoms with van der Waals surface area (Å²) in [6.07, 6.45) is 7.87. The molecule has 7 atom stereocenters. The highest BCUT2D eigenvalue weighted by atomic mass is 35.5. The second-order valence-electron chi connectivity index (χ2n) is 11.8. The Morgan fingerprint density at radius 2 is 1.90 bits per heavy atom. The van der Waals surface area contributed by atoms with Crippen molar-refractivity contribution < 1.29 is 19.1 Å². The van der Waals surface area contributed by atoms with Gasteiger partial charge in [-0.05, 0) is 61.4 Å². The van der Waals surface area contributed by atoms with Gasteiger partial charge in [0.1, 0.15) is 11.6 Å². The summed E-state index contributed by atoms with van der Waals surface area (Å²) in [7, 11) is 0. The maximum absolute atomic E-state index is 14.2. The van der Waals surface area contributed by atoms with Crippen LogP contribution in [0, 0.1) is 24.7 Å². The Labute approximate surface area is 240 Å². The highest BCUT2D eigenvalue weighted by Gasteiger charge is 2.72. The van der Waals surface area contributed by atoms with Crippen LogP contribution in [0.3, 0.4) is 0 Å². The van der Waals surface area contributed by atoms with E-state index in [1.807, 2.05) is 67.6 Å². The van der Waals surface area contributed by atoms with E-state index in [-0.39, 0.29) is 23.8 Å². The number of hydrogen-bond donors (Lipinski definition) is 2. The maximum atomic E-state index is 14.2. The predicted octanol–water partition coefficient (Wildman–Crippen LogP) is 4.68. The summed E-state index contributed by atoms with van der Waals surface area (Å²) in [6, 6.07) is 14.3. The Bertz CT molecular complexity index is 1360. The number of anilines is 1. The lowest BCUT2D eigenvalue weighted by molar-refractivity contribution is -0.141. The Morgan fingerprint density at radius 1 is 1.10 bits per heavy atom. The fraction of sp³-hybridized carbons (Fsp3) is 0.469. The van der Waals surface area contributed by atoms with Crippen molar-refractivity contribution in [3.8, 4) is 0 Å². The number of halogens is 1. The number of likely N-dealkylation sites (tertiary alicyclic amines) is 1. The van der Waals surface area contributed by atoms with E-state index >= 15 is 0 Å². The van der Waals surface area contributed by atoms with Gasteiger partial charge < -0.3 is 20.3 Å². The van der Waals surface area contributed by atoms with Crippen molar-refractivity contribution in [2.75, 3.05) is 11.9 Å². The van der Waals surface area contributed by atoms with Gasteiger partial charge >= 0.3 is 0 Å². The van der Waals surface area contributed by atoms with Crippen LogP contribution in [0.15, 0.2) is 60.7 Å². The van der Waals surface area contributed by atoms with Crippen molar-refractivity contribution in [1.82, 2.24) is 10.2 Å². The monoisotopic (exact) mass is 561 g/mol. The third-order valence-electron chi connectivity index (χ3n) is 9.23. The molecule has 2 aromatic carbocycles. The molecule has 0 aromatic heterocycles. The van der Waals surface area contributed by atoms with Gasteiger partial charge in [-0.25, -0.2) is 0 Å². The Kier molecular flexibility index (Phi) is 7.21. The average molecular weight is 562 g/mol. The summed E-state index contributed by atoms with van der Waals surface area (Å²) in [6.45, 7) is 4.43. The topological polar surface area (TPSA) is 87.7 Å². The van der Waals surface area contributed by atoms with Crippen LogP contribution in [0.5, 0.6) is 0 Å². The highest BCUT2D eigenvalue weighted by molar-refractivity contribution is 6.31. The van der Waals surface area contributed by atoms with E-state index < -0.39 is 29.6 Å². The van der Waals surface area contributed by atoms with E-state index in [9.17, 15) is 14.4 Å². The smallest absolute Gasteiger partial charge is 0.246 e. The highest BCUT2D eigenvalue weighted by Crippen LogP contribution is 2.55. The Hall–Kier alpha value is -3.16. The average Bonchev–Trinajstić information content (AvgIpc) is 3.57. The van der Waals surface area contributed by atoms with Crippen LogP contribution in [0.25, 0.3) is 0 Å². The van der Waals surface area contributed by atoms with Gasteiger partial charge in [0.15, 0.2) is 0 Å². The van der Waals surface area contributed by atoms with Crippen LogP contribution < -0.4 is 10.6 Å². The third-order valence-corrected chi connectivity index (χ3v) is 9.60. The van der Waals surface area contributed by atoms with E-state index in [4.69, 9.17) is 16.3 Å². The number of ether oxygens (including phenoxy) is 1. The van der Waals surface area contributed by atoms with Crippen LogP contribution in [0.1, 0.15) is 43.7 Å². The van der Waals surface area contributed by atoms with E-state index in [1.54, 1.807) is 4.90 Å². The van der Waals surface area contributed by atoms with Crippen molar-refractivity contribution >= 4 is 35.0 Å². The van der Waals surface area contributed by atoms with E-state index in [0.717, 1.165) is 36.8 Å². The van der Waals surface area contributed by atoms with Gasteiger partial charge in [0.2, 0.25) is 17.7 Å². The molecule has 1 spiro atoms. The molecular formula is C32H36ClN3O4. The second-order valence-corrected chi connectivity index (χ2v) is 12.2. The first-order chi connectivity index (χ1) is 19.3. The van der Waals surface area contributed by atoms with Gasteiger partial charge in [0.05, 0.1) is 17.9 Å². The number of carbonyl (C=O) groups excluding carboxylic acids is 3. The minimum Gasteiger partial charge on any atom is -0.359 e. The first-order valence-corrected chi connectivity index (χ1v) is 14.8. The van der Waals surface area contributed by atoms with Crippen LogP contribution in [-0.2, 0) is 25.5 Å². The number of nitrogens with zero attached hydrogens (tertiary/aromatic N) is 1. The second kappa shape index (κ2) is 10.7. The number of amides is 3. The molecule has 2 aromatic rings. The SMILES string of the molecule is Cc1cccc(NC(=O)C2C3C=CC4(O3)C2C(=O)N(CCc2ccccc2Cl)C4C(=O)NC2CCCCC2C)c1. The van der Waals surface area contributed by atoms with Crippen molar-refractivity contribution in [1.29, 1.82) is 0 Å². The molecule has 8 heteroatoms. The molecule has 7 unspecified atom stereocenters. The molecule has 4 aliphatic rings. The molecule has 6 rings (SSSR count). The number of rotatable bonds is 7. The summed E-state index contributed by atoms with van der Waals surface area (Å²) in [5.74, 6) is -1.85. The predicted molar refractivity (Wildman–Crippen MR) is 154 cm³/mol. The van der Waals surface area contributed by atoms with E-state index in [2.05, 4.69) is 17.6 Å². The van der Waals surface area contributed by atoms with Crippen LogP contribution in [0.4, 0.5) is 5.69 Å². The number of fused-ring (bicyclic) bond motifs is 1. The number of hydrogen-bond acceptors (Lipinski definition) is 4. The zero-order valence-electron chi connectivity index (χ0n) is 22.9. The minimum absolute atomic E-state index is 0.0558. The first-order valence-electron chi connectivity index (χ1n) is 14.4. The zero-order valence-corrected chi connectivity index (χ0v) is 23.7. The van der Waals surface area contributed by atoms with Crippen molar-refractivity contribution in [3.05, 3.63) is 76.8 Å². The lowest BCUT2D eigenvalue weighted by atomic mass is 9.74. The normalized spacial score (nSPS) is 32.3. The standard InChI is InChI=1S/C32H36ClN3O4/c1-19-8-7-11-22(18-19)34-29(37)26-25-14-16-32(40-25)27(26)31(39)36(17-15-21-10-4-5-12-23(21)33)28(32)30(38)35-24-13-6-3-9-20(24)2/h4-5,7-8,10-12,14,16,18,20,24-28H,3,6,9,13,15,17H2,1-2H3,(H,34,37)(H,35,38). The molecule has 40 heavy (non-hydrogen) atoms. The van der Waals surface area contributed by atoms with Crippen molar-refractivity contribution in [3.63, 3.8) is 0 Å². The zero-order chi connectivity index (χ0) is 28.0. The summed E-state index contributed by atoms with van der Waals surface area (Å²) >= 11 is 6.43. The van der Waals surface area contributed by atoms with Crippen LogP contribution in [-0.4, -0.2) is 53.0 Å². The van der Waals surface area contributed by atoms with Gasteiger partial charge in [-0.15, -0.1) is 0 Å². The summed E-state index contributed by atoms with van der Waals surface area (Å²) in [5, 5.41) is 6.89. The number of carbonyl (C=O) groups is 3. The Morgan fingerprint density at radius 3 is 2.67 bits per heavy atom. The van der Waals surface area contributed by atoms with E-state index in [0.29, 0.717) is 29.6 Å². The van der Waals surface area contributed by atoms with Gasteiger partial charge in [0.25, 0.3) is 0 Å². The van der Waals surface area contributed by atoms with Gasteiger partial charge in [-0.2, -0.15) is 0 Å². The lowest BCUT2D eigenvalue weighted by Gasteiger charge is -2.36. The molecule has 7 nitrogen and oxygen atoms in total. The molecule has 3 amide bonds. The molecule has 2 N–H and O–H groups in total. The molecule has 1 aliphatic carbocycles. The minimum atomic E-state index is -1.18. The van der Waals surface area contributed by atoms with Crippen molar-refractivity contribution in [2.24, 2.45) is 17.8 Å². The molecule has 3 heterocycles. The molecular weight excluding hydrogens is 526 g/mol. The summed E-state index contributed by atoms with van der Waals surface area (Å²) in [5.41, 5.74) is 1.42. The van der Waals surface area contributed by atoms with Gasteiger partial charge in [-0.3, -0.25) is 14.4 Å². The first kappa shape index (κ1) is 27.0. The Balaban J connectivity index is 1.31. The van der Waals surface area contributed by atoms with Gasteiger partial charge in [-0.1, -0.05) is 73.9 Å². The molecule has 1 saturated carbocycles. The molecule has 2 bridgehead atoms. The van der Waals surface area contributed by atoms with Crippen LogP contribution in [0.2, 0.25) is 5.02 Å². The number of aryl methyl sites for hydroxylation is 1. The fourth-order valence-corrected chi connectivity index (χ4v) is 7.42. The lowest BCUT2D eigenvalue weighted by Crippen LogP contribution is -2.57. The summed E-state index contributed by atoms with van der Waals surface area (Å²) < 4.78 is 6.48. The molecule has 0 radical (unpaired) electrons. The molecule has 3 aliphatic heterocycles.